The van der Waals surface area contributed by atoms with Crippen LogP contribution in [0.3, 0.4) is 0 Å². The van der Waals surface area contributed by atoms with Gasteiger partial charge in [0.25, 0.3) is 0 Å². The van der Waals surface area contributed by atoms with E-state index in [1.807, 2.05) is 211 Å². The number of alkyl halides is 4. The number of carboxylic acid groups (broad SMARTS) is 3. The van der Waals surface area contributed by atoms with E-state index in [-0.39, 0.29) is 18.8 Å². The molecular weight excluding hydrogens is 1810 g/mol. The summed E-state index contributed by atoms with van der Waals surface area (Å²) in [5, 5.41) is 45.9. The molecule has 25 nitrogen and oxygen atoms in total. The van der Waals surface area contributed by atoms with Crippen molar-refractivity contribution in [3.05, 3.63) is 261 Å². The fraction of sp³-hybridized carbons (Fsp3) is 0.319. The number of halogens is 4. The van der Waals surface area contributed by atoms with E-state index in [1.165, 1.54) is 23.6 Å². The van der Waals surface area contributed by atoms with Crippen LogP contribution in [0.15, 0.2) is 189 Å². The predicted molar refractivity (Wildman–Crippen MR) is 539 cm³/mol. The molecule has 0 aliphatic carbocycles. The van der Waals surface area contributed by atoms with E-state index < -0.39 is 77.1 Å². The number of hydrogen-bond donors (Lipinski definition) is 3. The third kappa shape index (κ3) is 18.9. The summed E-state index contributed by atoms with van der Waals surface area (Å²) in [5.41, 5.74) is 18.0. The number of rotatable bonds is 18. The monoisotopic (exact) mass is 1920 g/mol. The number of Topliss-reactive ketones (excluding diaryl/α,β-unsaturated/α-hetero) is 1. The van der Waals surface area contributed by atoms with Gasteiger partial charge in [0.05, 0.1) is 105 Å². The maximum absolute atomic E-state index is 14.2. The molecule has 3 N–H and O–H groups in total. The van der Waals surface area contributed by atoms with Crippen LogP contribution < -0.4 is 18.9 Å². The largest absolute Gasteiger partial charge is 0.493 e. The van der Waals surface area contributed by atoms with Gasteiger partial charge in [-0.05, 0) is 317 Å². The lowest BCUT2D eigenvalue weighted by molar-refractivity contribution is -0.277. The van der Waals surface area contributed by atoms with Crippen LogP contribution in [-0.4, -0.2) is 144 Å². The van der Waals surface area contributed by atoms with Gasteiger partial charge in [-0.15, -0.1) is 5.10 Å². The van der Waals surface area contributed by atoms with Gasteiger partial charge >= 0.3 is 24.1 Å². The lowest BCUT2D eigenvalue weighted by Crippen LogP contribution is -2.44. The van der Waals surface area contributed by atoms with Crippen molar-refractivity contribution in [3.8, 4) is 67.5 Å². The Labute approximate surface area is 817 Å². The minimum atomic E-state index is -4.79. The highest BCUT2D eigenvalue weighted by molar-refractivity contribution is 6.13. The Bertz CT molecular complexity index is 7920. The highest BCUT2D eigenvalue weighted by Gasteiger charge is 2.52. The fourth-order valence-electron chi connectivity index (χ4n) is 19.7. The van der Waals surface area contributed by atoms with E-state index in [0.29, 0.717) is 94.0 Å². The molecule has 730 valence electrons. The summed E-state index contributed by atoms with van der Waals surface area (Å²) >= 11 is 0. The molecule has 13 heterocycles. The first-order valence-corrected chi connectivity index (χ1v) is 46.7. The maximum Gasteiger partial charge on any atom is 0.416 e. The topological polar surface area (TPSA) is 323 Å². The molecule has 8 aromatic carbocycles. The van der Waals surface area contributed by atoms with Gasteiger partial charge in [-0.3, -0.25) is 34.7 Å². The Morgan fingerprint density at radius 3 is 1.08 bits per heavy atom. The summed E-state index contributed by atoms with van der Waals surface area (Å²) in [5.74, 6) is -0.632. The molecule has 0 spiro atoms. The molecule has 0 saturated heterocycles. The Morgan fingerprint density at radius 1 is 0.401 bits per heavy atom. The zero-order valence-electron chi connectivity index (χ0n) is 81.2. The Kier molecular flexibility index (Phi) is 26.8. The molecule has 0 saturated carbocycles. The first-order valence-electron chi connectivity index (χ1n) is 46.7. The number of carbonyl (C=O) groups excluding carboxylic acids is 1. The van der Waals surface area contributed by atoms with E-state index in [2.05, 4.69) is 30.2 Å². The van der Waals surface area contributed by atoms with Gasteiger partial charge in [0.2, 0.25) is 0 Å². The number of carbonyl (C=O) groups is 4. The van der Waals surface area contributed by atoms with Gasteiger partial charge in [0.15, 0.2) is 29.7 Å². The second-order valence-electron chi connectivity index (χ2n) is 39.4. The standard InChI is InChI=1S/C30H31FN2O3.C28H26N4O4.C27H23F3N2O4.C27H26N2O4.CH4/c1-16-15-23-20(7-9-22(33-23)17(2)31)27(25(16)29(18(3)34)36-30(4,5)6)21-8-10-24-26-19(12-14-35-24)11-13-32-28(21)26;1-15-13-20-18(6-5-17-14-30-31-32(17)20)24(22(15)26(27(33)34)36-28(2,3)4)19-7-8-21-23-16(10-12-35-21)9-11-29-25(19)23;1-14-13-18-16(5-4-10-31-18)22(20(14)24(25(33)34)36-26(2,3)27(28,29)30)17-6-7-19-21-15(9-12-35-19)8-11-32-23(17)21;1-15-14-19-17(6-5-11-28-19)23(21(15)25(26(30)31)33-27(2,3)4)18-7-8-20-22-16(10-13-32-20)9-12-29-24(18)22;/h7-11,13,15,17,29H,12,14H2,1-6H3;5-9,11,13-14,26H,10,12H2,1-4H3,(H,33,34);4-8,10-11,13,24H,9,12H2,1-3H3,(H,33,34);5-9,11-12,14,25H,10,13H2,1-4H3,(H,30,31);1H4/t17?,29-;26-;24-;25-;/m1010./s1. The summed E-state index contributed by atoms with van der Waals surface area (Å²) < 4.78 is 105. The van der Waals surface area contributed by atoms with Gasteiger partial charge in [0.1, 0.15) is 35.3 Å². The second kappa shape index (κ2) is 38.4. The summed E-state index contributed by atoms with van der Waals surface area (Å²) in [6, 6.07) is 45.7. The van der Waals surface area contributed by atoms with Gasteiger partial charge < -0.3 is 53.2 Å². The van der Waals surface area contributed by atoms with Crippen LogP contribution in [0.25, 0.3) is 137 Å². The molecule has 0 bridgehead atoms. The molecule has 29 heteroatoms. The van der Waals surface area contributed by atoms with Gasteiger partial charge in [-0.1, -0.05) is 30.8 Å². The number of nitrogens with zero attached hydrogens (tertiary/aromatic N) is 10. The number of aliphatic carboxylic acids is 3. The fourth-order valence-corrected chi connectivity index (χ4v) is 19.7. The van der Waals surface area contributed by atoms with Crippen molar-refractivity contribution in [2.24, 2.45) is 0 Å². The van der Waals surface area contributed by atoms with Crippen LogP contribution in [0.1, 0.15) is 200 Å². The van der Waals surface area contributed by atoms with Crippen LogP contribution in [0, 0.1) is 27.7 Å². The van der Waals surface area contributed by atoms with Crippen LogP contribution in [-0.2, 0) is 63.8 Å². The minimum absolute atomic E-state index is 0. The molecule has 0 fully saturated rings. The molecule has 142 heavy (non-hydrogen) atoms. The number of ether oxygens (including phenoxy) is 8. The van der Waals surface area contributed by atoms with Crippen molar-refractivity contribution in [1.82, 2.24) is 49.7 Å². The Morgan fingerprint density at radius 2 is 0.732 bits per heavy atom. The van der Waals surface area contributed by atoms with E-state index in [4.69, 9.17) is 52.8 Å². The van der Waals surface area contributed by atoms with Gasteiger partial charge in [-0.2, -0.15) is 13.2 Å². The van der Waals surface area contributed by atoms with Crippen LogP contribution in [0.2, 0.25) is 0 Å². The predicted octanol–water partition coefficient (Wildman–Crippen LogP) is 24.9. The summed E-state index contributed by atoms with van der Waals surface area (Å²) in [7, 11) is 0. The normalized spacial score (nSPS) is 14.5. The zero-order chi connectivity index (χ0) is 100. The number of hydrogen-bond acceptors (Lipinski definition) is 21. The quantitative estimate of drug-likeness (QED) is 0.0672. The lowest BCUT2D eigenvalue weighted by Gasteiger charge is -2.32. The number of aryl methyl sites for hydroxylation is 4. The number of fused-ring (bicyclic) bond motifs is 6. The van der Waals surface area contributed by atoms with Crippen molar-refractivity contribution >= 4 is 116 Å². The van der Waals surface area contributed by atoms with E-state index in [0.717, 1.165) is 182 Å². The molecule has 0 amide bonds. The van der Waals surface area contributed by atoms with Crippen molar-refractivity contribution in [2.75, 3.05) is 26.4 Å². The molecule has 21 rings (SSSR count). The maximum atomic E-state index is 14.2. The van der Waals surface area contributed by atoms with Gasteiger partial charge in [0, 0.05) is 145 Å². The molecular formula is C113H110F4N10O15. The molecule has 1 unspecified atom stereocenters. The van der Waals surface area contributed by atoms with Crippen LogP contribution >= 0.6 is 0 Å². The first-order chi connectivity index (χ1) is 67.0. The smallest absolute Gasteiger partial charge is 0.416 e. The summed E-state index contributed by atoms with van der Waals surface area (Å²) in [4.78, 5) is 83.1. The highest BCUT2D eigenvalue weighted by atomic mass is 19.4. The average molecular weight is 1920 g/mol. The molecule has 9 aromatic heterocycles. The van der Waals surface area contributed by atoms with Crippen molar-refractivity contribution < 1.29 is 90.0 Å². The SMILES string of the molecule is C.CC(=O)[C@@H](OC(C)(C)C)c1c(C)cc2nc(C(C)F)ccc2c1-c1ccc2c3c(ccnc13)CCO2.Cc1cc2c(ccc3cnnn32)c(-c2ccc3c4c(ccnc24)CCO3)c1[C@H](OC(C)(C)C)C(=O)O.Cc1cc2ncccc2c(-c2ccc3c4c(ccnc24)CCO3)c1[C@@H](OC(C)(C)C(F)(F)F)C(=O)O.Cc1cc2ncccc2c(-c2ccc3c4c(ccnc24)CCO3)c1[C@H](OC(C)(C)C)C(=O)O. The van der Waals surface area contributed by atoms with E-state index in [1.54, 1.807) is 79.5 Å². The minimum Gasteiger partial charge on any atom is -0.493 e. The van der Waals surface area contributed by atoms with Crippen molar-refractivity contribution in [2.45, 2.75) is 210 Å². The number of pyridine rings is 8. The van der Waals surface area contributed by atoms with Crippen molar-refractivity contribution in [3.63, 3.8) is 0 Å². The van der Waals surface area contributed by atoms with Crippen LogP contribution in [0.4, 0.5) is 17.6 Å². The summed E-state index contributed by atoms with van der Waals surface area (Å²) in [6.07, 6.45) is 4.26. The zero-order valence-corrected chi connectivity index (χ0v) is 81.2. The molecule has 0 radical (unpaired) electrons. The average Bonchev–Trinajstić information content (AvgIpc) is 1.03. The van der Waals surface area contributed by atoms with E-state index in [9.17, 15) is 52.1 Å². The molecule has 4 aliphatic heterocycles. The molecule has 17 aromatic rings. The number of ketones is 1. The third-order valence-electron chi connectivity index (χ3n) is 25.8. The van der Waals surface area contributed by atoms with Crippen LogP contribution in [0.5, 0.6) is 23.0 Å². The summed E-state index contributed by atoms with van der Waals surface area (Å²) in [6.45, 7) is 31.5. The van der Waals surface area contributed by atoms with E-state index >= 15 is 0 Å². The molecule has 4 aliphatic rings. The molecule has 5 atom stereocenters. The van der Waals surface area contributed by atoms with Crippen molar-refractivity contribution in [1.29, 1.82) is 0 Å². The number of benzene rings is 8. The highest BCUT2D eigenvalue weighted by Crippen LogP contribution is 2.53. The third-order valence-corrected chi connectivity index (χ3v) is 25.8. The first kappa shape index (κ1) is 98.9. The Balaban J connectivity index is 0.000000130. The van der Waals surface area contributed by atoms with Gasteiger partial charge in [-0.25, -0.2) is 28.3 Å². The number of carboxylic acids is 3. The second-order valence-corrected chi connectivity index (χ2v) is 39.4. The number of aromatic nitrogens is 10. The Hall–Kier alpha value is -14.7. The lowest BCUT2D eigenvalue weighted by atomic mass is 9.85.